The molecule has 0 atom stereocenters. The lowest BCUT2D eigenvalue weighted by molar-refractivity contribution is -0.113. The summed E-state index contributed by atoms with van der Waals surface area (Å²) < 4.78 is 1.42. The Labute approximate surface area is 156 Å². The number of nitrogens with zero attached hydrogens (tertiary/aromatic N) is 3. The molecule has 0 aliphatic heterocycles. The zero-order valence-corrected chi connectivity index (χ0v) is 15.8. The monoisotopic (exact) mass is 367 g/mol. The van der Waals surface area contributed by atoms with E-state index in [-0.39, 0.29) is 11.7 Å². The molecule has 3 N–H and O–H groups in total. The van der Waals surface area contributed by atoms with Crippen LogP contribution in [0.15, 0.2) is 47.6 Å². The molecular formula is C19H21N5OS. The maximum Gasteiger partial charge on any atom is 0.234 e. The van der Waals surface area contributed by atoms with Gasteiger partial charge >= 0.3 is 0 Å². The van der Waals surface area contributed by atoms with Gasteiger partial charge in [-0.25, -0.2) is 4.68 Å². The first-order chi connectivity index (χ1) is 12.4. The van der Waals surface area contributed by atoms with Crippen LogP contribution in [0.3, 0.4) is 0 Å². The van der Waals surface area contributed by atoms with Crippen LogP contribution in [0.5, 0.6) is 0 Å². The van der Waals surface area contributed by atoms with E-state index >= 15 is 0 Å². The van der Waals surface area contributed by atoms with Crippen LogP contribution >= 0.6 is 11.8 Å². The van der Waals surface area contributed by atoms with Gasteiger partial charge in [-0.1, -0.05) is 47.7 Å². The normalized spacial score (nSPS) is 10.7. The maximum atomic E-state index is 12.2. The number of rotatable bonds is 5. The molecule has 6 nitrogen and oxygen atoms in total. The predicted molar refractivity (Wildman–Crippen MR) is 106 cm³/mol. The molecule has 0 radical (unpaired) electrons. The molecule has 0 bridgehead atoms. The van der Waals surface area contributed by atoms with Crippen molar-refractivity contribution in [2.24, 2.45) is 0 Å². The second-order valence-corrected chi connectivity index (χ2v) is 7.12. The quantitative estimate of drug-likeness (QED) is 0.534. The first-order valence-corrected chi connectivity index (χ1v) is 9.20. The number of nitrogens with one attached hydrogen (secondary N) is 1. The van der Waals surface area contributed by atoms with Crippen LogP contribution in [0, 0.1) is 20.8 Å². The van der Waals surface area contributed by atoms with E-state index in [4.69, 9.17) is 5.84 Å². The highest BCUT2D eigenvalue weighted by Gasteiger charge is 2.14. The summed E-state index contributed by atoms with van der Waals surface area (Å²) in [6.07, 6.45) is 0. The van der Waals surface area contributed by atoms with Gasteiger partial charge in [0.2, 0.25) is 11.1 Å². The number of amides is 1. The fourth-order valence-corrected chi connectivity index (χ4v) is 3.08. The minimum Gasteiger partial charge on any atom is -0.335 e. The number of hydrogen-bond donors (Lipinski definition) is 2. The zero-order valence-electron chi connectivity index (χ0n) is 15.0. The number of aryl methyl sites for hydroxylation is 3. The molecule has 1 aromatic heterocycles. The number of thioether (sulfide) groups is 1. The summed E-state index contributed by atoms with van der Waals surface area (Å²) in [5.74, 6) is 6.75. The molecule has 0 aliphatic rings. The molecule has 1 amide bonds. The summed E-state index contributed by atoms with van der Waals surface area (Å²) in [4.78, 5) is 12.2. The Morgan fingerprint density at radius 1 is 1.08 bits per heavy atom. The lowest BCUT2D eigenvalue weighted by atomic mass is 10.1. The van der Waals surface area contributed by atoms with Gasteiger partial charge in [-0.3, -0.25) is 4.79 Å². The van der Waals surface area contributed by atoms with Crippen LogP contribution in [0.4, 0.5) is 5.69 Å². The third-order valence-electron chi connectivity index (χ3n) is 4.10. The highest BCUT2D eigenvalue weighted by Crippen LogP contribution is 2.22. The molecule has 0 saturated carbocycles. The molecule has 1 heterocycles. The van der Waals surface area contributed by atoms with Gasteiger partial charge in [0.15, 0.2) is 5.82 Å². The first kappa shape index (κ1) is 18.0. The summed E-state index contributed by atoms with van der Waals surface area (Å²) in [5.41, 5.74) is 5.16. The van der Waals surface area contributed by atoms with Crippen molar-refractivity contribution >= 4 is 23.4 Å². The van der Waals surface area contributed by atoms with Gasteiger partial charge < -0.3 is 11.2 Å². The van der Waals surface area contributed by atoms with Gasteiger partial charge in [0.1, 0.15) is 0 Å². The number of hydrogen-bond acceptors (Lipinski definition) is 5. The molecule has 0 fully saturated rings. The largest absolute Gasteiger partial charge is 0.335 e. The number of nitrogen functional groups attached to an aromatic ring is 1. The van der Waals surface area contributed by atoms with Crippen LogP contribution in [0.2, 0.25) is 0 Å². The Hall–Kier alpha value is -2.80. The van der Waals surface area contributed by atoms with Crippen molar-refractivity contribution in [1.82, 2.24) is 14.9 Å². The Morgan fingerprint density at radius 3 is 2.50 bits per heavy atom. The molecule has 2 aromatic carbocycles. The van der Waals surface area contributed by atoms with Gasteiger partial charge in [0.05, 0.1) is 5.75 Å². The lowest BCUT2D eigenvalue weighted by Crippen LogP contribution is -2.16. The standard InChI is InChI=1S/C19H21N5OS/c1-12-4-7-15(8-5-12)18-22-23-19(24(18)20)26-11-17(25)21-16-9-6-13(2)14(3)10-16/h4-10H,11,20H2,1-3H3,(H,21,25). The van der Waals surface area contributed by atoms with Crippen LogP contribution in [0.25, 0.3) is 11.4 Å². The number of aromatic nitrogens is 3. The number of carbonyl (C=O) groups is 1. The Balaban J connectivity index is 1.63. The van der Waals surface area contributed by atoms with E-state index in [1.807, 2.05) is 63.2 Å². The van der Waals surface area contributed by atoms with E-state index < -0.39 is 0 Å². The van der Waals surface area contributed by atoms with Crippen molar-refractivity contribution in [3.63, 3.8) is 0 Å². The molecule has 7 heteroatoms. The molecule has 0 unspecified atom stereocenters. The smallest absolute Gasteiger partial charge is 0.234 e. The van der Waals surface area contributed by atoms with E-state index in [9.17, 15) is 4.79 Å². The topological polar surface area (TPSA) is 85.8 Å². The van der Waals surface area contributed by atoms with Gasteiger partial charge in [0.25, 0.3) is 0 Å². The summed E-state index contributed by atoms with van der Waals surface area (Å²) >= 11 is 1.25. The second-order valence-electron chi connectivity index (χ2n) is 6.18. The van der Waals surface area contributed by atoms with Crippen molar-refractivity contribution < 1.29 is 4.79 Å². The Bertz CT molecular complexity index is 934. The maximum absolute atomic E-state index is 12.2. The van der Waals surface area contributed by atoms with E-state index in [0.717, 1.165) is 22.4 Å². The average molecular weight is 367 g/mol. The molecule has 0 aliphatic carbocycles. The predicted octanol–water partition coefficient (Wildman–Crippen LogP) is 3.31. The summed E-state index contributed by atoms with van der Waals surface area (Å²) in [5, 5.41) is 11.6. The van der Waals surface area contributed by atoms with Crippen LogP contribution in [-0.2, 0) is 4.79 Å². The van der Waals surface area contributed by atoms with Crippen molar-refractivity contribution in [2.75, 3.05) is 16.9 Å². The highest BCUT2D eigenvalue weighted by atomic mass is 32.2. The minimum atomic E-state index is -0.113. The third kappa shape index (κ3) is 4.05. The van der Waals surface area contributed by atoms with Crippen molar-refractivity contribution in [3.05, 3.63) is 59.2 Å². The van der Waals surface area contributed by atoms with Crippen molar-refractivity contribution in [1.29, 1.82) is 0 Å². The number of benzene rings is 2. The minimum absolute atomic E-state index is 0.113. The van der Waals surface area contributed by atoms with E-state index in [2.05, 4.69) is 15.5 Å². The highest BCUT2D eigenvalue weighted by molar-refractivity contribution is 7.99. The summed E-state index contributed by atoms with van der Waals surface area (Å²) in [6.45, 7) is 6.08. The van der Waals surface area contributed by atoms with Gasteiger partial charge in [0, 0.05) is 11.3 Å². The van der Waals surface area contributed by atoms with Gasteiger partial charge in [-0.15, -0.1) is 10.2 Å². The fraction of sp³-hybridized carbons (Fsp3) is 0.211. The third-order valence-corrected chi connectivity index (χ3v) is 5.04. The average Bonchev–Trinajstić information content (AvgIpc) is 2.98. The molecule has 26 heavy (non-hydrogen) atoms. The second kappa shape index (κ2) is 7.61. The van der Waals surface area contributed by atoms with E-state index in [1.54, 1.807) is 0 Å². The van der Waals surface area contributed by atoms with Crippen LogP contribution in [0.1, 0.15) is 16.7 Å². The first-order valence-electron chi connectivity index (χ1n) is 8.21. The number of nitrogens with two attached hydrogens (primary N) is 1. The fourth-order valence-electron chi connectivity index (χ4n) is 2.42. The van der Waals surface area contributed by atoms with Gasteiger partial charge in [-0.2, -0.15) is 0 Å². The van der Waals surface area contributed by atoms with Crippen LogP contribution < -0.4 is 11.2 Å². The SMILES string of the molecule is Cc1ccc(-c2nnc(SCC(=O)Nc3ccc(C)c(C)c3)n2N)cc1. The zero-order chi connectivity index (χ0) is 18.7. The number of carbonyl (C=O) groups excluding carboxylic acids is 1. The molecule has 3 aromatic rings. The molecule has 3 rings (SSSR count). The summed E-state index contributed by atoms with van der Waals surface area (Å²) in [7, 11) is 0. The summed E-state index contributed by atoms with van der Waals surface area (Å²) in [6, 6.07) is 13.7. The Kier molecular flexibility index (Phi) is 5.27. The Morgan fingerprint density at radius 2 is 1.81 bits per heavy atom. The van der Waals surface area contributed by atoms with Crippen molar-refractivity contribution in [2.45, 2.75) is 25.9 Å². The van der Waals surface area contributed by atoms with Gasteiger partial charge in [-0.05, 0) is 44.0 Å². The molecule has 0 saturated heterocycles. The number of anilines is 1. The van der Waals surface area contributed by atoms with E-state index in [1.165, 1.54) is 22.0 Å². The lowest BCUT2D eigenvalue weighted by Gasteiger charge is -2.07. The van der Waals surface area contributed by atoms with Crippen molar-refractivity contribution in [3.8, 4) is 11.4 Å². The van der Waals surface area contributed by atoms with Crippen LogP contribution in [-0.4, -0.2) is 26.5 Å². The van der Waals surface area contributed by atoms with E-state index in [0.29, 0.717) is 11.0 Å². The molecule has 134 valence electrons. The molecular weight excluding hydrogens is 346 g/mol. The molecule has 0 spiro atoms.